The third kappa shape index (κ3) is 3.85. The first-order valence-corrected chi connectivity index (χ1v) is 8.86. The topological polar surface area (TPSA) is 85.6 Å². The zero-order valence-corrected chi connectivity index (χ0v) is 16.1. The number of carbonyl (C=O) groups is 1. The molecule has 0 radical (unpaired) electrons. The summed E-state index contributed by atoms with van der Waals surface area (Å²) in [7, 11) is 0. The highest BCUT2D eigenvalue weighted by Gasteiger charge is 2.22. The third-order valence-corrected chi connectivity index (χ3v) is 4.10. The van der Waals surface area contributed by atoms with Gasteiger partial charge in [0.15, 0.2) is 0 Å². The van der Waals surface area contributed by atoms with Crippen molar-refractivity contribution in [3.05, 3.63) is 52.8 Å². The second kappa shape index (κ2) is 7.38. The Morgan fingerprint density at radius 3 is 2.64 bits per heavy atom. The number of hydrogen-bond donors (Lipinski definition) is 1. The first-order valence-electron chi connectivity index (χ1n) is 8.86. The summed E-state index contributed by atoms with van der Waals surface area (Å²) >= 11 is 0. The highest BCUT2D eigenvalue weighted by atomic mass is 19.1. The number of hydrogen-bond acceptors (Lipinski definition) is 6. The van der Waals surface area contributed by atoms with E-state index in [2.05, 4.69) is 15.6 Å². The Hall–Kier alpha value is -3.29. The minimum absolute atomic E-state index is 0.0789. The minimum Gasteiger partial charge on any atom is -0.442 e. The van der Waals surface area contributed by atoms with Gasteiger partial charge in [-0.05, 0) is 62.2 Å². The van der Waals surface area contributed by atoms with Crippen molar-refractivity contribution in [1.29, 1.82) is 0 Å². The van der Waals surface area contributed by atoms with Gasteiger partial charge < -0.3 is 10.1 Å². The molecule has 0 amide bonds. The van der Waals surface area contributed by atoms with Gasteiger partial charge in [-0.15, -0.1) is 4.91 Å². The van der Waals surface area contributed by atoms with E-state index in [1.807, 2.05) is 6.92 Å². The van der Waals surface area contributed by atoms with Crippen LogP contribution in [-0.2, 0) is 11.2 Å². The molecular formula is C20H21FN4O3. The molecule has 0 atom stereocenters. The minimum atomic E-state index is -0.690. The van der Waals surface area contributed by atoms with Gasteiger partial charge in [0.25, 0.3) is 0 Å². The van der Waals surface area contributed by atoms with E-state index in [9.17, 15) is 14.1 Å². The fraction of sp³-hybridized carbons (Fsp3) is 0.300. The number of nitrogens with zero attached hydrogens (tertiary/aromatic N) is 3. The van der Waals surface area contributed by atoms with E-state index in [1.165, 1.54) is 18.3 Å². The fourth-order valence-corrected chi connectivity index (χ4v) is 2.76. The Bertz CT molecular complexity index is 1050. The van der Waals surface area contributed by atoms with Crippen LogP contribution < -0.4 is 5.32 Å². The van der Waals surface area contributed by atoms with Crippen LogP contribution in [0.4, 0.5) is 26.2 Å². The van der Waals surface area contributed by atoms with E-state index >= 15 is 0 Å². The number of nitroso groups, excluding NO2 is 1. The molecule has 3 rings (SSSR count). The van der Waals surface area contributed by atoms with Crippen molar-refractivity contribution in [2.75, 3.05) is 5.32 Å². The molecule has 8 heteroatoms. The van der Waals surface area contributed by atoms with Crippen LogP contribution >= 0.6 is 0 Å². The van der Waals surface area contributed by atoms with Crippen LogP contribution in [0, 0.1) is 10.7 Å². The number of carbonyl (C=O) groups excluding carboxylic acids is 1. The lowest BCUT2D eigenvalue weighted by Crippen LogP contribution is -2.27. The van der Waals surface area contributed by atoms with Crippen molar-refractivity contribution in [3.63, 3.8) is 0 Å². The molecule has 28 heavy (non-hydrogen) atoms. The van der Waals surface area contributed by atoms with Crippen LogP contribution in [0.5, 0.6) is 0 Å². The summed E-state index contributed by atoms with van der Waals surface area (Å²) in [5, 5.41) is 10.4. The molecule has 0 bridgehead atoms. The Kier molecular flexibility index (Phi) is 5.13. The Morgan fingerprint density at radius 2 is 2.04 bits per heavy atom. The number of ether oxygens (including phenoxy) is 1. The van der Waals surface area contributed by atoms with E-state index in [1.54, 1.807) is 39.0 Å². The molecule has 1 aromatic heterocycles. The quantitative estimate of drug-likeness (QED) is 0.586. The van der Waals surface area contributed by atoms with Gasteiger partial charge in [-0.2, -0.15) is 9.78 Å². The van der Waals surface area contributed by atoms with Crippen LogP contribution in [0.15, 0.2) is 41.7 Å². The average molecular weight is 384 g/mol. The number of fused-ring (bicyclic) bond motifs is 1. The lowest BCUT2D eigenvalue weighted by atomic mass is 10.1. The summed E-state index contributed by atoms with van der Waals surface area (Å²) in [6.45, 7) is 7.18. The Morgan fingerprint density at radius 1 is 1.29 bits per heavy atom. The number of aromatic nitrogens is 2. The summed E-state index contributed by atoms with van der Waals surface area (Å²) in [5.41, 5.74) is 1.12. The van der Waals surface area contributed by atoms with E-state index in [4.69, 9.17) is 4.74 Å². The number of anilines is 2. The van der Waals surface area contributed by atoms with Crippen LogP contribution in [0.1, 0.15) is 33.3 Å². The summed E-state index contributed by atoms with van der Waals surface area (Å²) in [4.78, 5) is 23.7. The summed E-state index contributed by atoms with van der Waals surface area (Å²) < 4.78 is 20.9. The van der Waals surface area contributed by atoms with E-state index in [0.717, 1.165) is 10.2 Å². The van der Waals surface area contributed by atoms with Crippen molar-refractivity contribution in [2.45, 2.75) is 39.7 Å². The van der Waals surface area contributed by atoms with Gasteiger partial charge in [-0.3, -0.25) is 0 Å². The fourth-order valence-electron chi connectivity index (χ4n) is 2.76. The molecule has 146 valence electrons. The molecular weight excluding hydrogens is 363 g/mol. The lowest BCUT2D eigenvalue weighted by Gasteiger charge is -2.19. The SMILES string of the molecule is CCc1ccc(Nc2c(N=O)ccc3c2cnn3C(=O)OC(C)(C)C)c(F)c1. The highest BCUT2D eigenvalue weighted by Crippen LogP contribution is 2.36. The van der Waals surface area contributed by atoms with E-state index in [-0.39, 0.29) is 17.1 Å². The van der Waals surface area contributed by atoms with Gasteiger partial charge in [-0.1, -0.05) is 13.0 Å². The van der Waals surface area contributed by atoms with Gasteiger partial charge in [-0.25, -0.2) is 9.18 Å². The van der Waals surface area contributed by atoms with Gasteiger partial charge in [0, 0.05) is 5.39 Å². The zero-order valence-electron chi connectivity index (χ0n) is 16.1. The van der Waals surface area contributed by atoms with Crippen LogP contribution in [0.2, 0.25) is 0 Å². The van der Waals surface area contributed by atoms with Crippen LogP contribution in [0.3, 0.4) is 0 Å². The largest absolute Gasteiger partial charge is 0.442 e. The molecule has 1 N–H and O–H groups in total. The number of benzene rings is 2. The highest BCUT2D eigenvalue weighted by molar-refractivity contribution is 6.01. The molecule has 0 fully saturated rings. The molecule has 0 spiro atoms. The van der Waals surface area contributed by atoms with Crippen molar-refractivity contribution in [3.8, 4) is 0 Å². The smallest absolute Gasteiger partial charge is 0.435 e. The molecule has 0 saturated heterocycles. The van der Waals surface area contributed by atoms with Crippen molar-refractivity contribution in [1.82, 2.24) is 9.78 Å². The number of rotatable bonds is 4. The van der Waals surface area contributed by atoms with Gasteiger partial charge in [0.2, 0.25) is 0 Å². The summed E-state index contributed by atoms with van der Waals surface area (Å²) in [6.07, 6.45) is 1.46. The second-order valence-electron chi connectivity index (χ2n) is 7.31. The van der Waals surface area contributed by atoms with Crippen molar-refractivity contribution in [2.24, 2.45) is 5.18 Å². The monoisotopic (exact) mass is 384 g/mol. The standard InChI is InChI=1S/C20H21FN4O3/c1-5-12-6-7-15(14(21)10-12)23-18-13-11-22-25(19(26)28-20(2,3)4)17(13)9-8-16(18)24-27/h6-11,23H,5H2,1-4H3. The molecule has 0 saturated carbocycles. The van der Waals surface area contributed by atoms with Crippen LogP contribution in [-0.4, -0.2) is 21.5 Å². The summed E-state index contributed by atoms with van der Waals surface area (Å²) in [6, 6.07) is 7.81. The maximum Gasteiger partial charge on any atom is 0.435 e. The number of nitrogens with one attached hydrogen (secondary N) is 1. The van der Waals surface area contributed by atoms with Crippen LogP contribution in [0.25, 0.3) is 10.9 Å². The van der Waals surface area contributed by atoms with Gasteiger partial charge in [0.05, 0.1) is 23.1 Å². The van der Waals surface area contributed by atoms with Gasteiger partial charge in [0.1, 0.15) is 17.1 Å². The molecule has 0 unspecified atom stereocenters. The molecule has 3 aromatic rings. The first-order chi connectivity index (χ1) is 13.2. The van der Waals surface area contributed by atoms with Crippen molar-refractivity contribution >= 4 is 34.1 Å². The Balaban J connectivity index is 2.07. The van der Waals surface area contributed by atoms with Crippen molar-refractivity contribution < 1.29 is 13.9 Å². The normalized spacial score (nSPS) is 11.5. The molecule has 0 aliphatic carbocycles. The first kappa shape index (κ1) is 19.5. The second-order valence-corrected chi connectivity index (χ2v) is 7.31. The average Bonchev–Trinajstić information content (AvgIpc) is 3.06. The summed E-state index contributed by atoms with van der Waals surface area (Å²) in [5.74, 6) is -0.451. The lowest BCUT2D eigenvalue weighted by molar-refractivity contribution is 0.0522. The molecule has 1 heterocycles. The molecule has 0 aliphatic rings. The number of halogens is 1. The maximum absolute atomic E-state index is 14.4. The molecule has 7 nitrogen and oxygen atoms in total. The third-order valence-electron chi connectivity index (χ3n) is 4.10. The predicted molar refractivity (Wildman–Crippen MR) is 106 cm³/mol. The zero-order chi connectivity index (χ0) is 20.5. The van der Waals surface area contributed by atoms with Gasteiger partial charge >= 0.3 is 6.09 Å². The van der Waals surface area contributed by atoms with E-state index in [0.29, 0.717) is 17.3 Å². The van der Waals surface area contributed by atoms with E-state index < -0.39 is 17.5 Å². The Labute approximate surface area is 161 Å². The maximum atomic E-state index is 14.4. The molecule has 0 aliphatic heterocycles. The molecule has 2 aromatic carbocycles. The predicted octanol–water partition coefficient (Wildman–Crippen LogP) is 5.66. The number of aryl methyl sites for hydroxylation is 1.